The van der Waals surface area contributed by atoms with Gasteiger partial charge in [0.15, 0.2) is 0 Å². The van der Waals surface area contributed by atoms with E-state index in [0.29, 0.717) is 13.1 Å². The first-order valence-corrected chi connectivity index (χ1v) is 4.40. The molecule has 0 aromatic carbocycles. The summed E-state index contributed by atoms with van der Waals surface area (Å²) in [5.41, 5.74) is 0. The van der Waals surface area contributed by atoms with Crippen molar-refractivity contribution in [2.24, 2.45) is 0 Å². The lowest BCUT2D eigenvalue weighted by Crippen LogP contribution is -2.45. The fourth-order valence-corrected chi connectivity index (χ4v) is 1.51. The zero-order chi connectivity index (χ0) is 9.03. The smallest absolute Gasteiger partial charge is 0.307 e. The minimum Gasteiger partial charge on any atom is -0.396 e. The summed E-state index contributed by atoms with van der Waals surface area (Å²) < 4.78 is 26.2. The van der Waals surface area contributed by atoms with Gasteiger partial charge < -0.3 is 5.11 Å². The SMILES string of the molecule is OCCC(F)(F)N1CCCCC1. The molecule has 0 aromatic rings. The summed E-state index contributed by atoms with van der Waals surface area (Å²) >= 11 is 0. The minimum atomic E-state index is -2.80. The van der Waals surface area contributed by atoms with Crippen LogP contribution in [0.4, 0.5) is 8.78 Å². The zero-order valence-corrected chi connectivity index (χ0v) is 7.10. The maximum absolute atomic E-state index is 13.1. The molecule has 1 heterocycles. The molecule has 0 aromatic heterocycles. The van der Waals surface area contributed by atoms with Gasteiger partial charge in [0.05, 0.1) is 6.61 Å². The summed E-state index contributed by atoms with van der Waals surface area (Å²) in [5.74, 6) is 0. The standard InChI is InChI=1S/C8H15F2NO/c9-8(10,4-7-12)11-5-2-1-3-6-11/h12H,1-7H2. The van der Waals surface area contributed by atoms with Crippen molar-refractivity contribution in [1.82, 2.24) is 4.90 Å². The summed E-state index contributed by atoms with van der Waals surface area (Å²) in [5, 5.41) is 8.43. The summed E-state index contributed by atoms with van der Waals surface area (Å²) in [6, 6.07) is -2.80. The Bertz CT molecular complexity index is 135. The molecule has 0 saturated carbocycles. The first-order valence-electron chi connectivity index (χ1n) is 4.40. The molecule has 1 rings (SSSR count). The van der Waals surface area contributed by atoms with E-state index in [1.54, 1.807) is 0 Å². The highest BCUT2D eigenvalue weighted by Gasteiger charge is 2.36. The van der Waals surface area contributed by atoms with Crippen LogP contribution >= 0.6 is 0 Å². The van der Waals surface area contributed by atoms with Crippen LogP contribution in [0.15, 0.2) is 0 Å². The first-order chi connectivity index (χ1) is 5.67. The molecule has 1 fully saturated rings. The molecule has 4 heteroatoms. The third-order valence-electron chi connectivity index (χ3n) is 2.23. The highest BCUT2D eigenvalue weighted by molar-refractivity contribution is 4.73. The number of hydrogen-bond acceptors (Lipinski definition) is 2. The molecule has 2 nitrogen and oxygen atoms in total. The van der Waals surface area contributed by atoms with E-state index >= 15 is 0 Å². The lowest BCUT2D eigenvalue weighted by Gasteiger charge is -2.33. The van der Waals surface area contributed by atoms with Gasteiger partial charge in [-0.05, 0) is 12.8 Å². The van der Waals surface area contributed by atoms with Crippen molar-refractivity contribution < 1.29 is 13.9 Å². The number of aliphatic hydroxyl groups is 1. The Morgan fingerprint density at radius 3 is 2.25 bits per heavy atom. The Balaban J connectivity index is 2.41. The molecule has 1 saturated heterocycles. The average Bonchev–Trinajstić information content (AvgIpc) is 2.06. The molecule has 0 bridgehead atoms. The Morgan fingerprint density at radius 1 is 1.17 bits per heavy atom. The minimum absolute atomic E-state index is 0.438. The first kappa shape index (κ1) is 9.86. The van der Waals surface area contributed by atoms with Crippen molar-refractivity contribution in [3.05, 3.63) is 0 Å². The predicted molar refractivity (Wildman–Crippen MR) is 42.1 cm³/mol. The van der Waals surface area contributed by atoms with E-state index in [4.69, 9.17) is 5.11 Å². The summed E-state index contributed by atoms with van der Waals surface area (Å²) in [6.07, 6.45) is 2.31. The highest BCUT2D eigenvalue weighted by Crippen LogP contribution is 2.26. The summed E-state index contributed by atoms with van der Waals surface area (Å²) in [6.45, 7) is 0.490. The maximum Gasteiger partial charge on any atom is 0.307 e. The predicted octanol–water partition coefficient (Wildman–Crippen LogP) is 1.45. The largest absolute Gasteiger partial charge is 0.396 e. The van der Waals surface area contributed by atoms with E-state index in [2.05, 4.69) is 0 Å². The molecular weight excluding hydrogens is 164 g/mol. The van der Waals surface area contributed by atoms with Crippen LogP contribution in [0.1, 0.15) is 25.7 Å². The van der Waals surface area contributed by atoms with Gasteiger partial charge in [0, 0.05) is 19.5 Å². The van der Waals surface area contributed by atoms with Crippen LogP contribution in [0.2, 0.25) is 0 Å². The van der Waals surface area contributed by atoms with Crippen molar-refractivity contribution in [2.45, 2.75) is 31.7 Å². The molecule has 0 amide bonds. The fraction of sp³-hybridized carbons (Fsp3) is 1.00. The van der Waals surface area contributed by atoms with Gasteiger partial charge in [0.25, 0.3) is 0 Å². The molecule has 12 heavy (non-hydrogen) atoms. The average molecular weight is 179 g/mol. The molecule has 0 atom stereocenters. The molecule has 0 unspecified atom stereocenters. The van der Waals surface area contributed by atoms with Crippen molar-refractivity contribution in [3.63, 3.8) is 0 Å². The molecule has 1 aliphatic heterocycles. The molecule has 1 aliphatic rings. The van der Waals surface area contributed by atoms with Crippen LogP contribution in [-0.2, 0) is 0 Å². The highest BCUT2D eigenvalue weighted by atomic mass is 19.3. The number of nitrogens with zero attached hydrogens (tertiary/aromatic N) is 1. The lowest BCUT2D eigenvalue weighted by atomic mass is 10.1. The Hall–Kier alpha value is -0.220. The topological polar surface area (TPSA) is 23.5 Å². The van der Waals surface area contributed by atoms with Crippen LogP contribution in [0.3, 0.4) is 0 Å². The van der Waals surface area contributed by atoms with Gasteiger partial charge in [-0.25, -0.2) is 4.90 Å². The second-order valence-corrected chi connectivity index (χ2v) is 3.19. The lowest BCUT2D eigenvalue weighted by molar-refractivity contribution is -0.162. The molecule has 72 valence electrons. The number of piperidine rings is 1. The molecule has 0 aliphatic carbocycles. The summed E-state index contributed by atoms with van der Waals surface area (Å²) in [7, 11) is 0. The van der Waals surface area contributed by atoms with Crippen molar-refractivity contribution in [1.29, 1.82) is 0 Å². The normalized spacial score (nSPS) is 21.2. The quantitative estimate of drug-likeness (QED) is 0.663. The third kappa shape index (κ3) is 2.38. The zero-order valence-electron chi connectivity index (χ0n) is 7.10. The van der Waals surface area contributed by atoms with Crippen LogP contribution in [0.25, 0.3) is 0 Å². The second-order valence-electron chi connectivity index (χ2n) is 3.19. The van der Waals surface area contributed by atoms with Crippen molar-refractivity contribution >= 4 is 0 Å². The van der Waals surface area contributed by atoms with E-state index in [9.17, 15) is 8.78 Å². The van der Waals surface area contributed by atoms with Gasteiger partial charge in [0.1, 0.15) is 0 Å². The van der Waals surface area contributed by atoms with Crippen molar-refractivity contribution in [3.8, 4) is 0 Å². The van der Waals surface area contributed by atoms with E-state index in [-0.39, 0.29) is 0 Å². The fourth-order valence-electron chi connectivity index (χ4n) is 1.51. The van der Waals surface area contributed by atoms with Gasteiger partial charge in [0.2, 0.25) is 0 Å². The van der Waals surface area contributed by atoms with Gasteiger partial charge in [-0.3, -0.25) is 0 Å². The monoisotopic (exact) mass is 179 g/mol. The Labute approximate surface area is 71.2 Å². The van der Waals surface area contributed by atoms with Crippen LogP contribution in [0.5, 0.6) is 0 Å². The van der Waals surface area contributed by atoms with Crippen LogP contribution < -0.4 is 0 Å². The van der Waals surface area contributed by atoms with E-state index in [1.165, 1.54) is 4.90 Å². The number of alkyl halides is 2. The molecule has 0 spiro atoms. The van der Waals surface area contributed by atoms with Crippen LogP contribution in [0, 0.1) is 0 Å². The van der Waals surface area contributed by atoms with Crippen LogP contribution in [-0.4, -0.2) is 35.7 Å². The van der Waals surface area contributed by atoms with E-state index < -0.39 is 19.1 Å². The molecule has 1 N–H and O–H groups in total. The Kier molecular flexibility index (Phi) is 3.40. The Morgan fingerprint density at radius 2 is 1.75 bits per heavy atom. The number of hydrogen-bond donors (Lipinski definition) is 1. The summed E-state index contributed by atoms with van der Waals surface area (Å²) in [4.78, 5) is 1.17. The van der Waals surface area contributed by atoms with E-state index in [1.807, 2.05) is 0 Å². The number of likely N-dealkylation sites (tertiary alicyclic amines) is 1. The van der Waals surface area contributed by atoms with Gasteiger partial charge in [-0.1, -0.05) is 6.42 Å². The number of halogens is 2. The van der Waals surface area contributed by atoms with Gasteiger partial charge in [-0.2, -0.15) is 8.78 Å². The van der Waals surface area contributed by atoms with Gasteiger partial charge >= 0.3 is 6.05 Å². The molecular formula is C8H15F2NO. The number of rotatable bonds is 3. The third-order valence-corrected chi connectivity index (χ3v) is 2.23. The second kappa shape index (κ2) is 4.14. The molecule has 0 radical (unpaired) electrons. The van der Waals surface area contributed by atoms with Crippen molar-refractivity contribution in [2.75, 3.05) is 19.7 Å². The number of aliphatic hydroxyl groups excluding tert-OH is 1. The van der Waals surface area contributed by atoms with Gasteiger partial charge in [-0.15, -0.1) is 0 Å². The van der Waals surface area contributed by atoms with E-state index in [0.717, 1.165) is 19.3 Å². The maximum atomic E-state index is 13.1.